The van der Waals surface area contributed by atoms with Crippen LogP contribution in [0.2, 0.25) is 5.02 Å². The average molecular weight is 361 g/mol. The third-order valence-electron chi connectivity index (χ3n) is 4.85. The number of halogens is 1. The van der Waals surface area contributed by atoms with E-state index in [1.165, 1.54) is 24.1 Å². The Labute approximate surface area is 153 Å². The molecule has 2 aromatic rings. The maximum Gasteiger partial charge on any atom is 0.226 e. The molecular weight excluding hydrogens is 336 g/mol. The molecule has 25 heavy (non-hydrogen) atoms. The molecule has 134 valence electrons. The lowest BCUT2D eigenvalue weighted by molar-refractivity contribution is -0.120. The highest BCUT2D eigenvalue weighted by Crippen LogP contribution is 2.26. The number of aromatic nitrogens is 2. The summed E-state index contributed by atoms with van der Waals surface area (Å²) in [5.74, 6) is -0.00113. The first kappa shape index (κ1) is 18.0. The summed E-state index contributed by atoms with van der Waals surface area (Å²) < 4.78 is 0. The van der Waals surface area contributed by atoms with Gasteiger partial charge in [-0.15, -0.1) is 0 Å². The fourth-order valence-corrected chi connectivity index (χ4v) is 3.70. The van der Waals surface area contributed by atoms with Crippen LogP contribution in [-0.2, 0) is 24.1 Å². The van der Waals surface area contributed by atoms with Crippen LogP contribution < -0.4 is 5.32 Å². The van der Waals surface area contributed by atoms with Gasteiger partial charge in [-0.3, -0.25) is 9.89 Å². The molecule has 1 aliphatic carbocycles. The van der Waals surface area contributed by atoms with Crippen LogP contribution in [0.5, 0.6) is 0 Å². The molecule has 1 heterocycles. The first-order chi connectivity index (χ1) is 12.1. The molecule has 0 saturated heterocycles. The van der Waals surface area contributed by atoms with E-state index in [1.54, 1.807) is 0 Å². The highest BCUT2D eigenvalue weighted by atomic mass is 35.5. The molecule has 2 N–H and O–H groups in total. The van der Waals surface area contributed by atoms with Gasteiger partial charge in [0.25, 0.3) is 0 Å². The number of aryl methyl sites for hydroxylation is 1. The van der Waals surface area contributed by atoms with E-state index in [4.69, 9.17) is 11.6 Å². The Hall–Kier alpha value is -1.85. The fraction of sp³-hybridized carbons (Fsp3) is 0.474. The molecular formula is C19H25ClN4O. The number of hydrogen-bond donors (Lipinski definition) is 2. The number of benzene rings is 1. The van der Waals surface area contributed by atoms with E-state index >= 15 is 0 Å². The van der Waals surface area contributed by atoms with Gasteiger partial charge < -0.3 is 10.2 Å². The predicted molar refractivity (Wildman–Crippen MR) is 99.8 cm³/mol. The van der Waals surface area contributed by atoms with Gasteiger partial charge >= 0.3 is 0 Å². The van der Waals surface area contributed by atoms with Crippen molar-refractivity contribution in [2.24, 2.45) is 0 Å². The zero-order chi connectivity index (χ0) is 17.8. The predicted octanol–water partition coefficient (Wildman–Crippen LogP) is 2.90. The molecule has 1 aliphatic rings. The molecule has 1 atom stereocenters. The Bertz CT molecular complexity index is 741. The molecule has 0 saturated carbocycles. The van der Waals surface area contributed by atoms with Crippen molar-refractivity contribution in [2.45, 2.75) is 38.1 Å². The van der Waals surface area contributed by atoms with Gasteiger partial charge in [0, 0.05) is 17.3 Å². The van der Waals surface area contributed by atoms with E-state index in [-0.39, 0.29) is 11.9 Å². The van der Waals surface area contributed by atoms with Crippen molar-refractivity contribution < 1.29 is 4.79 Å². The van der Waals surface area contributed by atoms with Gasteiger partial charge in [0.15, 0.2) is 0 Å². The first-order valence-electron chi connectivity index (χ1n) is 8.78. The number of nitrogens with one attached hydrogen (secondary N) is 2. The molecule has 6 heteroatoms. The number of fused-ring (bicyclic) bond motifs is 1. The fourth-order valence-electron chi connectivity index (χ4n) is 3.44. The number of carbonyl (C=O) groups excluding carboxylic acids is 1. The van der Waals surface area contributed by atoms with Crippen LogP contribution in [0, 0.1) is 0 Å². The van der Waals surface area contributed by atoms with Crippen molar-refractivity contribution in [3.63, 3.8) is 0 Å². The van der Waals surface area contributed by atoms with E-state index in [2.05, 4.69) is 20.4 Å². The lowest BCUT2D eigenvalue weighted by atomic mass is 9.95. The molecule has 3 rings (SSSR count). The summed E-state index contributed by atoms with van der Waals surface area (Å²) in [6.45, 7) is 0.516. The number of aromatic amines is 1. The van der Waals surface area contributed by atoms with E-state index in [9.17, 15) is 4.79 Å². The van der Waals surface area contributed by atoms with E-state index in [1.807, 2.05) is 38.4 Å². The van der Waals surface area contributed by atoms with Crippen molar-refractivity contribution in [2.75, 3.05) is 20.6 Å². The Morgan fingerprint density at radius 2 is 2.08 bits per heavy atom. The molecule has 0 aliphatic heterocycles. The third-order valence-corrected chi connectivity index (χ3v) is 5.19. The van der Waals surface area contributed by atoms with Gasteiger partial charge in [-0.25, -0.2) is 0 Å². The normalized spacial score (nSPS) is 15.0. The van der Waals surface area contributed by atoms with Gasteiger partial charge in [-0.1, -0.05) is 29.8 Å². The summed E-state index contributed by atoms with van der Waals surface area (Å²) in [6.07, 6.45) is 4.77. The molecule has 0 spiro atoms. The van der Waals surface area contributed by atoms with Crippen molar-refractivity contribution in [1.29, 1.82) is 0 Å². The van der Waals surface area contributed by atoms with Gasteiger partial charge in [0.2, 0.25) is 5.91 Å². The largest absolute Gasteiger partial charge is 0.354 e. The zero-order valence-electron chi connectivity index (χ0n) is 14.8. The van der Waals surface area contributed by atoms with Crippen molar-refractivity contribution >= 4 is 17.5 Å². The van der Waals surface area contributed by atoms with Crippen LogP contribution in [-0.4, -0.2) is 41.6 Å². The number of nitrogens with zero attached hydrogens (tertiary/aromatic N) is 2. The van der Waals surface area contributed by atoms with Crippen LogP contribution in [0.4, 0.5) is 0 Å². The van der Waals surface area contributed by atoms with E-state index in [0.29, 0.717) is 13.0 Å². The highest BCUT2D eigenvalue weighted by molar-refractivity contribution is 6.31. The summed E-state index contributed by atoms with van der Waals surface area (Å²) in [5.41, 5.74) is 4.37. The Morgan fingerprint density at radius 1 is 1.32 bits per heavy atom. The highest BCUT2D eigenvalue weighted by Gasteiger charge is 2.21. The monoisotopic (exact) mass is 360 g/mol. The molecule has 1 amide bonds. The van der Waals surface area contributed by atoms with Gasteiger partial charge in [-0.05, 0) is 57.0 Å². The zero-order valence-corrected chi connectivity index (χ0v) is 15.6. The summed E-state index contributed by atoms with van der Waals surface area (Å²) >= 11 is 6.32. The van der Waals surface area contributed by atoms with E-state index in [0.717, 1.165) is 29.1 Å². The SMILES string of the molecule is CN(C)C(CNC(=O)Cc1n[nH]c2c1CCCC2)c1ccccc1Cl. The average Bonchev–Trinajstić information content (AvgIpc) is 2.99. The second kappa shape index (κ2) is 8.02. The topological polar surface area (TPSA) is 61.0 Å². The minimum absolute atomic E-state index is 0.00113. The molecule has 0 fully saturated rings. The van der Waals surface area contributed by atoms with E-state index < -0.39 is 0 Å². The minimum atomic E-state index is -0.00113. The number of carbonyl (C=O) groups is 1. The summed E-state index contributed by atoms with van der Waals surface area (Å²) in [4.78, 5) is 14.5. The summed E-state index contributed by atoms with van der Waals surface area (Å²) in [5, 5.41) is 11.2. The molecule has 0 bridgehead atoms. The van der Waals surface area contributed by atoms with Crippen LogP contribution in [0.3, 0.4) is 0 Å². The van der Waals surface area contributed by atoms with Gasteiger partial charge in [-0.2, -0.15) is 5.10 Å². The lowest BCUT2D eigenvalue weighted by Gasteiger charge is -2.26. The molecule has 5 nitrogen and oxygen atoms in total. The molecule has 1 unspecified atom stereocenters. The standard InChI is InChI=1S/C19H25ClN4O/c1-24(2)18(13-7-3-5-9-15(13)20)12-21-19(25)11-17-14-8-4-6-10-16(14)22-23-17/h3,5,7,9,18H,4,6,8,10-12H2,1-2H3,(H,21,25)(H,22,23). The summed E-state index contributed by atoms with van der Waals surface area (Å²) in [6, 6.07) is 7.80. The lowest BCUT2D eigenvalue weighted by Crippen LogP contribution is -2.35. The number of likely N-dealkylation sites (N-methyl/N-ethyl adjacent to an activating group) is 1. The van der Waals surface area contributed by atoms with Crippen LogP contribution in [0.15, 0.2) is 24.3 Å². The first-order valence-corrected chi connectivity index (χ1v) is 9.16. The van der Waals surface area contributed by atoms with Crippen molar-refractivity contribution in [1.82, 2.24) is 20.4 Å². The van der Waals surface area contributed by atoms with Crippen LogP contribution in [0.1, 0.15) is 41.4 Å². The molecule has 1 aromatic carbocycles. The second-order valence-electron chi connectivity index (χ2n) is 6.82. The minimum Gasteiger partial charge on any atom is -0.354 e. The van der Waals surface area contributed by atoms with Gasteiger partial charge in [0.1, 0.15) is 0 Å². The number of hydrogen-bond acceptors (Lipinski definition) is 3. The smallest absolute Gasteiger partial charge is 0.226 e. The number of amides is 1. The maximum atomic E-state index is 12.4. The quantitative estimate of drug-likeness (QED) is 0.832. The molecule has 1 aromatic heterocycles. The molecule has 0 radical (unpaired) electrons. The van der Waals surface area contributed by atoms with Crippen molar-refractivity contribution in [3.8, 4) is 0 Å². The Morgan fingerprint density at radius 3 is 2.84 bits per heavy atom. The van der Waals surface area contributed by atoms with Crippen molar-refractivity contribution in [3.05, 3.63) is 51.8 Å². The third kappa shape index (κ3) is 4.22. The van der Waals surface area contributed by atoms with Gasteiger partial charge in [0.05, 0.1) is 18.2 Å². The van der Waals surface area contributed by atoms with Crippen LogP contribution in [0.25, 0.3) is 0 Å². The maximum absolute atomic E-state index is 12.4. The summed E-state index contributed by atoms with van der Waals surface area (Å²) in [7, 11) is 3.98. The van der Waals surface area contributed by atoms with Crippen LogP contribution >= 0.6 is 11.6 Å². The second-order valence-corrected chi connectivity index (χ2v) is 7.22. The number of rotatable bonds is 6. The number of H-pyrrole nitrogens is 1. The Balaban J connectivity index is 1.62. The Kier molecular flexibility index (Phi) is 5.76.